The van der Waals surface area contributed by atoms with Crippen LogP contribution < -0.4 is 10.5 Å². The summed E-state index contributed by atoms with van der Waals surface area (Å²) in [5, 5.41) is 11.8. The Bertz CT molecular complexity index is 1540. The maximum atomic E-state index is 13.5. The minimum atomic E-state index is -4.51. The van der Waals surface area contributed by atoms with Gasteiger partial charge in [-0.15, -0.1) is 11.3 Å². The van der Waals surface area contributed by atoms with Crippen molar-refractivity contribution in [3.63, 3.8) is 0 Å². The molecule has 0 spiro atoms. The third-order valence-corrected chi connectivity index (χ3v) is 7.42. The number of thiophene rings is 1. The van der Waals surface area contributed by atoms with Crippen LogP contribution in [0.2, 0.25) is 5.02 Å². The number of fused-ring (bicyclic) bond motifs is 1. The second kappa shape index (κ2) is 10.1. The number of halogens is 4. The van der Waals surface area contributed by atoms with E-state index in [-0.39, 0.29) is 17.1 Å². The van der Waals surface area contributed by atoms with E-state index in [0.717, 1.165) is 23.4 Å². The van der Waals surface area contributed by atoms with Crippen LogP contribution in [0.25, 0.3) is 21.3 Å². The number of rotatable bonds is 5. The zero-order chi connectivity index (χ0) is 26.2. The molecule has 0 unspecified atom stereocenters. The van der Waals surface area contributed by atoms with Gasteiger partial charge in [-0.2, -0.15) is 18.4 Å². The van der Waals surface area contributed by atoms with Gasteiger partial charge in [-0.1, -0.05) is 41.9 Å². The molecule has 12 heteroatoms. The van der Waals surface area contributed by atoms with Crippen molar-refractivity contribution >= 4 is 39.0 Å². The van der Waals surface area contributed by atoms with Gasteiger partial charge in [0.25, 0.3) is 5.56 Å². The molecule has 1 aromatic carbocycles. The molecule has 1 fully saturated rings. The molecule has 7 nitrogen and oxygen atoms in total. The van der Waals surface area contributed by atoms with E-state index < -0.39 is 11.7 Å². The molecule has 1 aliphatic heterocycles. The highest BCUT2D eigenvalue weighted by atomic mass is 35.5. The van der Waals surface area contributed by atoms with Crippen LogP contribution in [0.1, 0.15) is 11.4 Å². The Morgan fingerprint density at radius 1 is 1.14 bits per heavy atom. The molecule has 3 aromatic heterocycles. The molecule has 0 radical (unpaired) electrons. The maximum Gasteiger partial charge on any atom is 0.417 e. The van der Waals surface area contributed by atoms with E-state index in [9.17, 15) is 23.2 Å². The highest BCUT2D eigenvalue weighted by Crippen LogP contribution is 2.34. The molecule has 4 aromatic rings. The quantitative estimate of drug-likeness (QED) is 0.350. The Labute approximate surface area is 219 Å². The summed E-state index contributed by atoms with van der Waals surface area (Å²) in [6.45, 7) is 2.32. The number of aromatic nitrogens is 3. The van der Waals surface area contributed by atoms with Crippen molar-refractivity contribution in [2.24, 2.45) is 0 Å². The average molecular weight is 545 g/mol. The number of hydrogen-bond donors (Lipinski definition) is 0. The van der Waals surface area contributed by atoms with E-state index in [1.165, 1.54) is 15.9 Å². The Balaban J connectivity index is 1.36. The smallest absolute Gasteiger partial charge is 0.353 e. The molecule has 0 amide bonds. The molecule has 1 aliphatic rings. The molecular weight excluding hydrogens is 525 g/mol. The number of anilines is 1. The van der Waals surface area contributed by atoms with Gasteiger partial charge in [-0.3, -0.25) is 14.3 Å². The van der Waals surface area contributed by atoms with E-state index in [1.54, 1.807) is 0 Å². The number of nitriles is 1. The Morgan fingerprint density at radius 2 is 1.86 bits per heavy atom. The first-order chi connectivity index (χ1) is 17.8. The molecule has 5 rings (SSSR count). The van der Waals surface area contributed by atoms with Crippen molar-refractivity contribution in [3.05, 3.63) is 74.7 Å². The summed E-state index contributed by atoms with van der Waals surface area (Å²) in [4.78, 5) is 26.7. The molecule has 0 saturated carbocycles. The third-order valence-electron chi connectivity index (χ3n) is 6.27. The number of hydrogen-bond acceptors (Lipinski definition) is 7. The highest BCUT2D eigenvalue weighted by Gasteiger charge is 2.32. The first-order valence-electron chi connectivity index (χ1n) is 11.4. The lowest BCUT2D eigenvalue weighted by Gasteiger charge is -2.35. The maximum absolute atomic E-state index is 13.5. The Hall–Kier alpha value is -3.46. The minimum Gasteiger partial charge on any atom is -0.353 e. The largest absolute Gasteiger partial charge is 0.417 e. The van der Waals surface area contributed by atoms with Crippen molar-refractivity contribution in [3.8, 4) is 17.2 Å². The zero-order valence-corrected chi connectivity index (χ0v) is 20.9. The normalized spacial score (nSPS) is 14.7. The van der Waals surface area contributed by atoms with E-state index in [4.69, 9.17) is 16.6 Å². The molecule has 0 bridgehead atoms. The van der Waals surface area contributed by atoms with Gasteiger partial charge in [0, 0.05) is 43.3 Å². The van der Waals surface area contributed by atoms with Gasteiger partial charge in [-0.05, 0) is 11.6 Å². The molecule has 0 atom stereocenters. The number of nitrogens with zero attached hydrogens (tertiary/aromatic N) is 6. The predicted octanol–water partition coefficient (Wildman–Crippen LogP) is 5.04. The van der Waals surface area contributed by atoms with Crippen LogP contribution in [0.4, 0.5) is 19.0 Å². The molecule has 0 N–H and O–H groups in total. The summed E-state index contributed by atoms with van der Waals surface area (Å²) in [7, 11) is 0. The van der Waals surface area contributed by atoms with Gasteiger partial charge < -0.3 is 4.90 Å². The highest BCUT2D eigenvalue weighted by molar-refractivity contribution is 7.17. The second-order valence-electron chi connectivity index (χ2n) is 8.56. The van der Waals surface area contributed by atoms with Crippen LogP contribution in [0.5, 0.6) is 0 Å². The molecule has 4 heterocycles. The van der Waals surface area contributed by atoms with E-state index in [2.05, 4.69) is 16.0 Å². The van der Waals surface area contributed by atoms with Crippen molar-refractivity contribution in [1.29, 1.82) is 5.26 Å². The van der Waals surface area contributed by atoms with Crippen LogP contribution in [-0.2, 0) is 19.3 Å². The number of alkyl halides is 3. The zero-order valence-electron chi connectivity index (χ0n) is 19.4. The summed E-state index contributed by atoms with van der Waals surface area (Å²) in [6, 6.07) is 12.5. The van der Waals surface area contributed by atoms with Gasteiger partial charge in [0.15, 0.2) is 0 Å². The molecule has 1 saturated heterocycles. The van der Waals surface area contributed by atoms with Crippen LogP contribution in [0, 0.1) is 11.3 Å². The summed E-state index contributed by atoms with van der Waals surface area (Å²) >= 11 is 7.51. The van der Waals surface area contributed by atoms with Crippen LogP contribution >= 0.6 is 22.9 Å². The fourth-order valence-corrected chi connectivity index (χ4v) is 5.63. The van der Waals surface area contributed by atoms with Gasteiger partial charge in [0.05, 0.1) is 28.6 Å². The lowest BCUT2D eigenvalue weighted by molar-refractivity contribution is -0.137. The van der Waals surface area contributed by atoms with Crippen LogP contribution in [0.3, 0.4) is 0 Å². The molecular formula is C25H20ClF3N6OS. The number of pyridine rings is 1. The summed E-state index contributed by atoms with van der Waals surface area (Å²) in [6.07, 6.45) is -3.72. The van der Waals surface area contributed by atoms with Crippen molar-refractivity contribution in [2.75, 3.05) is 31.1 Å². The average Bonchev–Trinajstić information content (AvgIpc) is 3.31. The number of benzene rings is 1. The summed E-state index contributed by atoms with van der Waals surface area (Å²) < 4.78 is 40.2. The minimum absolute atomic E-state index is 0.0508. The van der Waals surface area contributed by atoms with Gasteiger partial charge >= 0.3 is 6.18 Å². The summed E-state index contributed by atoms with van der Waals surface area (Å²) in [5.41, 5.74) is 0.572. The fourth-order valence-electron chi connectivity index (χ4n) is 4.39. The van der Waals surface area contributed by atoms with Crippen LogP contribution in [0.15, 0.2) is 52.8 Å². The van der Waals surface area contributed by atoms with Gasteiger partial charge in [-0.25, -0.2) is 9.97 Å². The lowest BCUT2D eigenvalue weighted by atomic mass is 10.1. The molecule has 190 valence electrons. The third kappa shape index (κ3) is 5.05. The van der Waals surface area contributed by atoms with Crippen molar-refractivity contribution in [1.82, 2.24) is 19.4 Å². The Kier molecular flexibility index (Phi) is 6.90. The number of piperazine rings is 1. The predicted molar refractivity (Wildman–Crippen MR) is 137 cm³/mol. The van der Waals surface area contributed by atoms with E-state index in [0.29, 0.717) is 54.6 Å². The standard InChI is InChI=1S/C25H20ClF3N6OS/c26-19-12-17(25(27,28)29)13-31-22(19)34-10-8-33(9-11-34)14-20-32-23-21(24(36)35(20)7-6-30)18(15-37-23)16-4-2-1-3-5-16/h1-5,12-13,15H,7-11,14H2. The van der Waals surface area contributed by atoms with E-state index in [1.807, 2.05) is 40.6 Å². The van der Waals surface area contributed by atoms with Crippen LogP contribution in [-0.4, -0.2) is 45.6 Å². The first kappa shape index (κ1) is 25.2. The summed E-state index contributed by atoms with van der Waals surface area (Å²) in [5.74, 6) is 0.807. The SMILES string of the molecule is N#CCn1c(CN2CCN(c3ncc(C(F)(F)F)cc3Cl)CC2)nc2scc(-c3ccccc3)c2c1=O. The second-order valence-corrected chi connectivity index (χ2v) is 9.83. The lowest BCUT2D eigenvalue weighted by Crippen LogP contribution is -2.47. The monoisotopic (exact) mass is 544 g/mol. The fraction of sp³-hybridized carbons (Fsp3) is 0.280. The van der Waals surface area contributed by atoms with Crippen molar-refractivity contribution < 1.29 is 13.2 Å². The molecule has 37 heavy (non-hydrogen) atoms. The molecule has 0 aliphatic carbocycles. The van der Waals surface area contributed by atoms with E-state index >= 15 is 0 Å². The topological polar surface area (TPSA) is 78.1 Å². The van der Waals surface area contributed by atoms with Gasteiger partial charge in [0.2, 0.25) is 0 Å². The Morgan fingerprint density at radius 3 is 2.51 bits per heavy atom. The van der Waals surface area contributed by atoms with Crippen molar-refractivity contribution in [2.45, 2.75) is 19.3 Å². The first-order valence-corrected chi connectivity index (χ1v) is 12.7. The van der Waals surface area contributed by atoms with Gasteiger partial charge in [0.1, 0.15) is 23.0 Å².